The van der Waals surface area contributed by atoms with Gasteiger partial charge in [-0.2, -0.15) is 11.8 Å². The van der Waals surface area contributed by atoms with E-state index in [0.29, 0.717) is 6.54 Å². The Labute approximate surface area is 96.6 Å². The van der Waals surface area contributed by atoms with E-state index in [2.05, 4.69) is 12.2 Å². The van der Waals surface area contributed by atoms with E-state index < -0.39 is 0 Å². The Morgan fingerprint density at radius 3 is 2.87 bits per heavy atom. The zero-order chi connectivity index (χ0) is 11.3. The fourth-order valence-electron chi connectivity index (χ4n) is 1.85. The van der Waals surface area contributed by atoms with Gasteiger partial charge in [0.1, 0.15) is 0 Å². The Kier molecular flexibility index (Phi) is 4.93. The molecule has 1 aliphatic heterocycles. The topological polar surface area (TPSA) is 55.1 Å². The van der Waals surface area contributed by atoms with Crippen LogP contribution in [0.1, 0.15) is 33.1 Å². The summed E-state index contributed by atoms with van der Waals surface area (Å²) in [5.41, 5.74) is 5.53. The van der Waals surface area contributed by atoms with Crippen molar-refractivity contribution in [3.63, 3.8) is 0 Å². The lowest BCUT2D eigenvalue weighted by atomic mass is 10.0. The highest BCUT2D eigenvalue weighted by atomic mass is 32.2. The molecule has 1 fully saturated rings. The van der Waals surface area contributed by atoms with E-state index in [9.17, 15) is 4.79 Å². The number of hydrogen-bond acceptors (Lipinski definition) is 3. The van der Waals surface area contributed by atoms with Crippen LogP contribution in [0.4, 0.5) is 0 Å². The molecule has 0 bridgehead atoms. The summed E-state index contributed by atoms with van der Waals surface area (Å²) in [6.07, 6.45) is 3.30. The molecule has 1 heterocycles. The molecule has 2 unspecified atom stereocenters. The van der Waals surface area contributed by atoms with Gasteiger partial charge in [0, 0.05) is 23.8 Å². The van der Waals surface area contributed by atoms with Gasteiger partial charge in [0.25, 0.3) is 0 Å². The minimum absolute atomic E-state index is 0.0139. The average Bonchev–Trinajstić information content (AvgIpc) is 2.65. The third-order valence-corrected chi connectivity index (χ3v) is 4.62. The van der Waals surface area contributed by atoms with Crippen LogP contribution in [0.2, 0.25) is 0 Å². The number of nitrogens with two attached hydrogens (primary N) is 1. The van der Waals surface area contributed by atoms with Crippen molar-refractivity contribution >= 4 is 17.7 Å². The minimum Gasteiger partial charge on any atom is -0.354 e. The number of hydrogen-bond donors (Lipinski definition) is 2. The predicted molar refractivity (Wildman–Crippen MR) is 65.9 cm³/mol. The second-order valence-electron chi connectivity index (χ2n) is 4.46. The standard InChI is InChI=1S/C11H22N2OS/c1-3-9(7-12)10(14)13-8-11(2)5-4-6-15-11/h9H,3-8,12H2,1-2H3,(H,13,14). The predicted octanol–water partition coefficient (Wildman–Crippen LogP) is 1.37. The smallest absolute Gasteiger partial charge is 0.224 e. The lowest BCUT2D eigenvalue weighted by molar-refractivity contribution is -0.124. The maximum Gasteiger partial charge on any atom is 0.224 e. The molecule has 88 valence electrons. The molecule has 4 heteroatoms. The van der Waals surface area contributed by atoms with Gasteiger partial charge in [-0.25, -0.2) is 0 Å². The van der Waals surface area contributed by atoms with Gasteiger partial charge in [0.2, 0.25) is 5.91 Å². The van der Waals surface area contributed by atoms with Crippen LogP contribution >= 0.6 is 11.8 Å². The lowest BCUT2D eigenvalue weighted by Crippen LogP contribution is -2.41. The van der Waals surface area contributed by atoms with E-state index in [0.717, 1.165) is 13.0 Å². The summed E-state index contributed by atoms with van der Waals surface area (Å²) >= 11 is 1.97. The molecule has 0 aromatic heterocycles. The van der Waals surface area contributed by atoms with Crippen LogP contribution in [0.25, 0.3) is 0 Å². The van der Waals surface area contributed by atoms with E-state index in [-0.39, 0.29) is 16.6 Å². The molecule has 0 aliphatic carbocycles. The molecule has 1 amide bonds. The van der Waals surface area contributed by atoms with Gasteiger partial charge in [-0.3, -0.25) is 4.79 Å². The van der Waals surface area contributed by atoms with Crippen LogP contribution in [-0.2, 0) is 4.79 Å². The van der Waals surface area contributed by atoms with Crippen molar-refractivity contribution in [2.75, 3.05) is 18.8 Å². The Hall–Kier alpha value is -0.220. The molecule has 3 nitrogen and oxygen atoms in total. The SMILES string of the molecule is CCC(CN)C(=O)NCC1(C)CCCS1. The summed E-state index contributed by atoms with van der Waals surface area (Å²) in [4.78, 5) is 11.7. The zero-order valence-corrected chi connectivity index (χ0v) is 10.5. The molecular weight excluding hydrogens is 208 g/mol. The monoisotopic (exact) mass is 230 g/mol. The van der Waals surface area contributed by atoms with Crippen LogP contribution < -0.4 is 11.1 Å². The van der Waals surface area contributed by atoms with E-state index >= 15 is 0 Å². The number of carbonyl (C=O) groups excluding carboxylic acids is 1. The van der Waals surface area contributed by atoms with Crippen molar-refractivity contribution in [1.29, 1.82) is 0 Å². The highest BCUT2D eigenvalue weighted by molar-refractivity contribution is 8.00. The molecule has 0 radical (unpaired) electrons. The first kappa shape index (κ1) is 12.8. The molecule has 1 saturated heterocycles. The summed E-state index contributed by atoms with van der Waals surface area (Å²) in [5.74, 6) is 1.33. The summed E-state index contributed by atoms with van der Waals surface area (Å²) in [6, 6.07) is 0. The van der Waals surface area contributed by atoms with Crippen LogP contribution in [-0.4, -0.2) is 29.5 Å². The zero-order valence-electron chi connectivity index (χ0n) is 9.71. The Bertz CT molecular complexity index is 211. The van der Waals surface area contributed by atoms with Crippen LogP contribution in [0.3, 0.4) is 0 Å². The third-order valence-electron chi connectivity index (χ3n) is 3.09. The number of rotatable bonds is 5. The molecule has 3 N–H and O–H groups in total. The maximum atomic E-state index is 11.7. The van der Waals surface area contributed by atoms with Gasteiger partial charge in [-0.05, 0) is 31.9 Å². The molecule has 15 heavy (non-hydrogen) atoms. The van der Waals surface area contributed by atoms with Crippen LogP contribution in [0, 0.1) is 5.92 Å². The van der Waals surface area contributed by atoms with Crippen molar-refractivity contribution in [1.82, 2.24) is 5.32 Å². The highest BCUT2D eigenvalue weighted by Crippen LogP contribution is 2.36. The maximum absolute atomic E-state index is 11.7. The van der Waals surface area contributed by atoms with E-state index in [1.807, 2.05) is 18.7 Å². The number of carbonyl (C=O) groups is 1. The van der Waals surface area contributed by atoms with Gasteiger partial charge < -0.3 is 11.1 Å². The van der Waals surface area contributed by atoms with Crippen molar-refractivity contribution in [3.8, 4) is 0 Å². The molecule has 1 rings (SSSR count). The third kappa shape index (κ3) is 3.68. The first-order chi connectivity index (χ1) is 7.11. The summed E-state index contributed by atoms with van der Waals surface area (Å²) < 4.78 is 0.253. The Morgan fingerprint density at radius 2 is 2.40 bits per heavy atom. The number of nitrogens with one attached hydrogen (secondary N) is 1. The van der Waals surface area contributed by atoms with Crippen molar-refractivity contribution in [2.24, 2.45) is 11.7 Å². The summed E-state index contributed by atoms with van der Waals surface area (Å²) in [7, 11) is 0. The Balaban J connectivity index is 2.32. The molecular formula is C11H22N2OS. The highest BCUT2D eigenvalue weighted by Gasteiger charge is 2.30. The van der Waals surface area contributed by atoms with Crippen molar-refractivity contribution in [3.05, 3.63) is 0 Å². The van der Waals surface area contributed by atoms with Gasteiger partial charge in [-0.15, -0.1) is 0 Å². The van der Waals surface area contributed by atoms with Crippen LogP contribution in [0.5, 0.6) is 0 Å². The van der Waals surface area contributed by atoms with E-state index in [1.54, 1.807) is 0 Å². The largest absolute Gasteiger partial charge is 0.354 e. The lowest BCUT2D eigenvalue weighted by Gasteiger charge is -2.24. The fourth-order valence-corrected chi connectivity index (χ4v) is 3.10. The minimum atomic E-state index is -0.0139. The van der Waals surface area contributed by atoms with Crippen molar-refractivity contribution < 1.29 is 4.79 Å². The molecule has 0 spiro atoms. The van der Waals surface area contributed by atoms with Gasteiger partial charge in [0.05, 0.1) is 0 Å². The van der Waals surface area contributed by atoms with Crippen molar-refractivity contribution in [2.45, 2.75) is 37.9 Å². The summed E-state index contributed by atoms with van der Waals surface area (Å²) in [6.45, 7) is 5.47. The second-order valence-corrected chi connectivity index (χ2v) is 6.14. The molecule has 0 aromatic rings. The first-order valence-corrected chi connectivity index (χ1v) is 6.71. The van der Waals surface area contributed by atoms with E-state index in [4.69, 9.17) is 5.73 Å². The molecule has 0 aromatic carbocycles. The van der Waals surface area contributed by atoms with Gasteiger partial charge in [0.15, 0.2) is 0 Å². The molecule has 2 atom stereocenters. The number of amides is 1. The quantitative estimate of drug-likeness (QED) is 0.750. The van der Waals surface area contributed by atoms with Gasteiger partial charge in [-0.1, -0.05) is 6.92 Å². The Morgan fingerprint density at radius 1 is 1.67 bits per heavy atom. The fraction of sp³-hybridized carbons (Fsp3) is 0.909. The normalized spacial score (nSPS) is 27.7. The van der Waals surface area contributed by atoms with Crippen LogP contribution in [0.15, 0.2) is 0 Å². The molecule has 0 saturated carbocycles. The second kappa shape index (κ2) is 5.75. The van der Waals surface area contributed by atoms with Gasteiger partial charge >= 0.3 is 0 Å². The first-order valence-electron chi connectivity index (χ1n) is 5.73. The number of thioether (sulfide) groups is 1. The van der Waals surface area contributed by atoms with E-state index in [1.165, 1.54) is 18.6 Å². The molecule has 1 aliphatic rings. The summed E-state index contributed by atoms with van der Waals surface area (Å²) in [5, 5.41) is 3.03. The average molecular weight is 230 g/mol.